The minimum absolute atomic E-state index is 0.0822. The minimum atomic E-state index is -0.652. The molecule has 0 bridgehead atoms. The molecule has 0 saturated heterocycles. The highest BCUT2D eigenvalue weighted by atomic mass is 16.6. The maximum atomic E-state index is 12.5. The molecule has 224 valence electrons. The molecule has 0 fully saturated rings. The fourth-order valence-corrected chi connectivity index (χ4v) is 4.81. The van der Waals surface area contributed by atoms with Crippen molar-refractivity contribution in [3.05, 3.63) is 120 Å². The molecule has 44 heavy (non-hydrogen) atoms. The standard InChI is InChI=1S/C34H33N5O5/c1-42-30-18-17-27(19-31(30)43-2)20-35-44-23-32(40)36-37-33-28-15-9-10-16-29(28)39(34(33)41)24-38(21-25-11-5-3-6-12-25)22-26-13-7-4-8-14-26/h3-20,41H,21-24H2,1-2H3/b35-20-,37-36?. The molecule has 1 amide bonds. The van der Waals surface area contributed by atoms with Crippen LogP contribution in [0.5, 0.6) is 17.4 Å². The Morgan fingerprint density at radius 1 is 0.841 bits per heavy atom. The van der Waals surface area contributed by atoms with E-state index in [9.17, 15) is 9.90 Å². The molecule has 0 unspecified atom stereocenters. The lowest BCUT2D eigenvalue weighted by Gasteiger charge is -2.24. The van der Waals surface area contributed by atoms with Crippen LogP contribution in [0.25, 0.3) is 10.9 Å². The van der Waals surface area contributed by atoms with Gasteiger partial charge in [-0.2, -0.15) is 0 Å². The minimum Gasteiger partial charge on any atom is -0.493 e. The number of carbonyl (C=O) groups excluding carboxylic acids is 1. The lowest BCUT2D eigenvalue weighted by Crippen LogP contribution is -2.25. The van der Waals surface area contributed by atoms with Crippen LogP contribution >= 0.6 is 0 Å². The molecule has 0 aliphatic carbocycles. The number of methoxy groups -OCH3 is 2. The predicted octanol–water partition coefficient (Wildman–Crippen LogP) is 6.69. The number of benzene rings is 4. The molecule has 4 aromatic carbocycles. The number of rotatable bonds is 13. The molecule has 0 radical (unpaired) electrons. The highest BCUT2D eigenvalue weighted by Crippen LogP contribution is 2.39. The van der Waals surface area contributed by atoms with Crippen LogP contribution in [0.4, 0.5) is 5.69 Å². The molecule has 0 saturated carbocycles. The van der Waals surface area contributed by atoms with Gasteiger partial charge in [-0.25, -0.2) is 0 Å². The lowest BCUT2D eigenvalue weighted by atomic mass is 10.2. The van der Waals surface area contributed by atoms with Gasteiger partial charge in [0.2, 0.25) is 5.88 Å². The van der Waals surface area contributed by atoms with Gasteiger partial charge in [0.15, 0.2) is 23.8 Å². The summed E-state index contributed by atoms with van der Waals surface area (Å²) in [7, 11) is 3.10. The number of fused-ring (bicyclic) bond motifs is 1. The van der Waals surface area contributed by atoms with Crippen molar-refractivity contribution in [3.63, 3.8) is 0 Å². The number of carbonyl (C=O) groups is 1. The summed E-state index contributed by atoms with van der Waals surface area (Å²) in [5, 5.41) is 23.8. The SMILES string of the molecule is COc1ccc(/C=N\OCC(=O)N=Nc2c(O)n(CN(Cc3ccccc3)Cc3ccccc3)c3ccccc23)cc1OC. The molecule has 5 rings (SSSR count). The zero-order chi connectivity index (χ0) is 30.7. The van der Waals surface area contributed by atoms with E-state index in [2.05, 4.69) is 44.5 Å². The van der Waals surface area contributed by atoms with E-state index < -0.39 is 12.5 Å². The van der Waals surface area contributed by atoms with Crippen molar-refractivity contribution in [2.75, 3.05) is 20.8 Å². The predicted molar refractivity (Wildman–Crippen MR) is 168 cm³/mol. The van der Waals surface area contributed by atoms with E-state index in [1.807, 2.05) is 60.7 Å². The highest BCUT2D eigenvalue weighted by Gasteiger charge is 2.19. The van der Waals surface area contributed by atoms with Gasteiger partial charge in [0.05, 0.1) is 32.6 Å². The molecule has 0 spiro atoms. The van der Waals surface area contributed by atoms with Gasteiger partial charge in [-0.15, -0.1) is 10.2 Å². The smallest absolute Gasteiger partial charge is 0.304 e. The summed E-state index contributed by atoms with van der Waals surface area (Å²) < 4.78 is 12.3. The number of amides is 1. The first-order valence-corrected chi connectivity index (χ1v) is 14.0. The molecule has 0 atom stereocenters. The van der Waals surface area contributed by atoms with Crippen molar-refractivity contribution in [2.45, 2.75) is 19.8 Å². The van der Waals surface area contributed by atoms with Crippen molar-refractivity contribution in [3.8, 4) is 17.4 Å². The fraction of sp³-hybridized carbons (Fsp3) is 0.176. The van der Waals surface area contributed by atoms with Crippen molar-refractivity contribution in [1.82, 2.24) is 9.47 Å². The van der Waals surface area contributed by atoms with Gasteiger partial charge >= 0.3 is 5.91 Å². The summed E-state index contributed by atoms with van der Waals surface area (Å²) in [6.45, 7) is 1.29. The van der Waals surface area contributed by atoms with Crippen LogP contribution in [0.1, 0.15) is 16.7 Å². The molecule has 5 aromatic rings. The van der Waals surface area contributed by atoms with E-state index in [1.54, 1.807) is 37.0 Å². The largest absolute Gasteiger partial charge is 0.493 e. The van der Waals surface area contributed by atoms with Crippen molar-refractivity contribution in [1.29, 1.82) is 0 Å². The summed E-state index contributed by atoms with van der Waals surface area (Å²) in [6.07, 6.45) is 1.45. The van der Waals surface area contributed by atoms with E-state index in [4.69, 9.17) is 14.3 Å². The molecular weight excluding hydrogens is 558 g/mol. The van der Waals surface area contributed by atoms with Gasteiger partial charge < -0.3 is 19.4 Å². The Morgan fingerprint density at radius 2 is 1.48 bits per heavy atom. The van der Waals surface area contributed by atoms with Crippen LogP contribution in [0.15, 0.2) is 119 Å². The van der Waals surface area contributed by atoms with Crippen LogP contribution < -0.4 is 9.47 Å². The summed E-state index contributed by atoms with van der Waals surface area (Å²) in [4.78, 5) is 19.8. The monoisotopic (exact) mass is 591 g/mol. The second kappa shape index (κ2) is 14.6. The van der Waals surface area contributed by atoms with Gasteiger partial charge in [-0.05, 0) is 35.4 Å². The zero-order valence-corrected chi connectivity index (χ0v) is 24.5. The number of oxime groups is 1. The van der Waals surface area contributed by atoms with E-state index in [0.717, 1.165) is 16.6 Å². The second-order valence-electron chi connectivity index (χ2n) is 9.93. The average molecular weight is 592 g/mol. The van der Waals surface area contributed by atoms with Gasteiger partial charge in [-0.1, -0.05) is 84.0 Å². The maximum Gasteiger partial charge on any atom is 0.304 e. The Kier molecular flexibility index (Phi) is 9.96. The van der Waals surface area contributed by atoms with Gasteiger partial charge in [-0.3, -0.25) is 14.3 Å². The van der Waals surface area contributed by atoms with E-state index in [-0.39, 0.29) is 11.6 Å². The molecule has 10 heteroatoms. The van der Waals surface area contributed by atoms with Gasteiger partial charge in [0.1, 0.15) is 0 Å². The lowest BCUT2D eigenvalue weighted by molar-refractivity contribution is -0.122. The van der Waals surface area contributed by atoms with Gasteiger partial charge in [0.25, 0.3) is 0 Å². The highest BCUT2D eigenvalue weighted by molar-refractivity contribution is 5.95. The van der Waals surface area contributed by atoms with Crippen molar-refractivity contribution < 1.29 is 24.2 Å². The Labute approximate surface area is 255 Å². The van der Waals surface area contributed by atoms with Crippen LogP contribution in [0.3, 0.4) is 0 Å². The summed E-state index contributed by atoms with van der Waals surface area (Å²) >= 11 is 0. The Hall–Kier alpha value is -5.48. The quantitative estimate of drug-likeness (QED) is 0.0929. The summed E-state index contributed by atoms with van der Waals surface area (Å²) in [5.74, 6) is 0.399. The Bertz CT molecular complexity index is 1710. The number of ether oxygens (including phenoxy) is 2. The number of hydrogen-bond donors (Lipinski definition) is 1. The molecule has 10 nitrogen and oxygen atoms in total. The number of aromatic nitrogens is 1. The second-order valence-corrected chi connectivity index (χ2v) is 9.93. The molecule has 0 aliphatic rings. The Morgan fingerprint density at radius 3 is 2.14 bits per heavy atom. The number of para-hydroxylation sites is 1. The molecular formula is C34H33N5O5. The normalized spacial score (nSPS) is 11.5. The molecule has 1 heterocycles. The first-order valence-electron chi connectivity index (χ1n) is 14.0. The summed E-state index contributed by atoms with van der Waals surface area (Å²) in [5.41, 5.74) is 3.98. The van der Waals surface area contributed by atoms with Crippen molar-refractivity contribution in [2.24, 2.45) is 15.4 Å². The van der Waals surface area contributed by atoms with E-state index >= 15 is 0 Å². The third-order valence-electron chi connectivity index (χ3n) is 6.89. The van der Waals surface area contributed by atoms with Crippen LogP contribution in [-0.2, 0) is 29.4 Å². The zero-order valence-electron chi connectivity index (χ0n) is 24.5. The maximum absolute atomic E-state index is 12.5. The van der Waals surface area contributed by atoms with E-state index in [0.29, 0.717) is 42.2 Å². The van der Waals surface area contributed by atoms with Crippen LogP contribution in [-0.4, -0.2) is 47.5 Å². The van der Waals surface area contributed by atoms with E-state index in [1.165, 1.54) is 6.21 Å². The summed E-state index contributed by atoms with van der Waals surface area (Å²) in [6, 6.07) is 33.1. The average Bonchev–Trinajstić information content (AvgIpc) is 3.32. The molecule has 1 N–H and O–H groups in total. The molecule has 1 aromatic heterocycles. The van der Waals surface area contributed by atoms with Crippen LogP contribution in [0, 0.1) is 0 Å². The van der Waals surface area contributed by atoms with Crippen LogP contribution in [0.2, 0.25) is 0 Å². The topological polar surface area (TPSA) is 110 Å². The first kappa shape index (κ1) is 30.0. The third kappa shape index (κ3) is 7.47. The fourth-order valence-electron chi connectivity index (χ4n) is 4.81. The number of azo groups is 1. The van der Waals surface area contributed by atoms with Gasteiger partial charge in [0, 0.05) is 24.0 Å². The number of hydrogen-bond acceptors (Lipinski definition) is 8. The number of aromatic hydroxyl groups is 1. The molecule has 0 aliphatic heterocycles. The first-order chi connectivity index (χ1) is 21.6. The third-order valence-corrected chi connectivity index (χ3v) is 6.89. The number of nitrogens with zero attached hydrogens (tertiary/aromatic N) is 5. The van der Waals surface area contributed by atoms with Crippen molar-refractivity contribution >= 4 is 28.7 Å². The Balaban J connectivity index is 1.31.